The first-order valence-corrected chi connectivity index (χ1v) is 11.9. The predicted molar refractivity (Wildman–Crippen MR) is 108 cm³/mol. The molecule has 24 heavy (non-hydrogen) atoms. The van der Waals surface area contributed by atoms with Crippen LogP contribution in [-0.2, 0) is 17.5 Å². The van der Waals surface area contributed by atoms with Crippen LogP contribution in [0.3, 0.4) is 0 Å². The zero-order valence-corrected chi connectivity index (χ0v) is 17.4. The van der Waals surface area contributed by atoms with Crippen molar-refractivity contribution in [3.8, 4) is 11.1 Å². The molecule has 0 aliphatic heterocycles. The monoisotopic (exact) mass is 340 g/mol. The Labute approximate surface area is 149 Å². The van der Waals surface area contributed by atoms with E-state index in [-0.39, 0.29) is 5.04 Å². The molecule has 130 valence electrons. The average molecular weight is 341 g/mol. The van der Waals surface area contributed by atoms with E-state index in [1.54, 1.807) is 0 Å². The topological polar surface area (TPSA) is 9.23 Å². The van der Waals surface area contributed by atoms with Gasteiger partial charge in [-0.05, 0) is 59.3 Å². The van der Waals surface area contributed by atoms with E-state index >= 15 is 0 Å². The van der Waals surface area contributed by atoms with Gasteiger partial charge in [0.15, 0.2) is 8.32 Å². The lowest BCUT2D eigenvalue weighted by Gasteiger charge is -2.36. The second kappa shape index (κ2) is 7.24. The van der Waals surface area contributed by atoms with Gasteiger partial charge in [-0.1, -0.05) is 70.2 Å². The summed E-state index contributed by atoms with van der Waals surface area (Å²) in [6.45, 7) is 16.6. The molecule has 0 saturated heterocycles. The molecule has 0 heterocycles. The average Bonchev–Trinajstić information content (AvgIpc) is 2.52. The van der Waals surface area contributed by atoms with Crippen LogP contribution in [0.25, 0.3) is 11.1 Å². The maximum atomic E-state index is 6.31. The molecule has 0 spiro atoms. The van der Waals surface area contributed by atoms with Crippen LogP contribution in [0.1, 0.15) is 44.4 Å². The first-order chi connectivity index (χ1) is 11.1. The Bertz CT molecular complexity index is 678. The summed E-state index contributed by atoms with van der Waals surface area (Å²) in [4.78, 5) is 0. The molecule has 0 aliphatic rings. The molecule has 0 N–H and O–H groups in total. The summed E-state index contributed by atoms with van der Waals surface area (Å²) >= 11 is 0. The third kappa shape index (κ3) is 4.37. The van der Waals surface area contributed by atoms with Crippen LogP contribution < -0.4 is 0 Å². The number of hydrogen-bond donors (Lipinski definition) is 0. The fraction of sp³-hybridized carbons (Fsp3) is 0.455. The molecule has 0 bridgehead atoms. The molecule has 0 unspecified atom stereocenters. The van der Waals surface area contributed by atoms with E-state index in [0.29, 0.717) is 6.61 Å². The molecule has 0 radical (unpaired) electrons. The van der Waals surface area contributed by atoms with Gasteiger partial charge in [0, 0.05) is 0 Å². The lowest BCUT2D eigenvalue weighted by atomic mass is 9.98. The van der Waals surface area contributed by atoms with Gasteiger partial charge in [0.1, 0.15) is 0 Å². The maximum absolute atomic E-state index is 6.31. The van der Waals surface area contributed by atoms with Gasteiger partial charge >= 0.3 is 0 Å². The Morgan fingerprint density at radius 1 is 0.917 bits per heavy atom. The lowest BCUT2D eigenvalue weighted by molar-refractivity contribution is 0.276. The molecule has 2 heteroatoms. The van der Waals surface area contributed by atoms with Crippen molar-refractivity contribution in [1.29, 1.82) is 0 Å². The van der Waals surface area contributed by atoms with Crippen molar-refractivity contribution in [3.63, 3.8) is 0 Å². The predicted octanol–water partition coefficient (Wildman–Crippen LogP) is 6.75. The fourth-order valence-corrected chi connectivity index (χ4v) is 3.51. The summed E-state index contributed by atoms with van der Waals surface area (Å²) < 4.78 is 6.31. The van der Waals surface area contributed by atoms with Crippen LogP contribution in [0.5, 0.6) is 0 Å². The van der Waals surface area contributed by atoms with Crippen molar-refractivity contribution in [2.24, 2.45) is 0 Å². The highest BCUT2D eigenvalue weighted by Crippen LogP contribution is 2.37. The summed E-state index contributed by atoms with van der Waals surface area (Å²) in [5.41, 5.74) is 6.63. The van der Waals surface area contributed by atoms with E-state index in [4.69, 9.17) is 4.43 Å². The number of rotatable bonds is 5. The molecular formula is C22H32OSi. The van der Waals surface area contributed by atoms with Crippen molar-refractivity contribution in [1.82, 2.24) is 0 Å². The van der Waals surface area contributed by atoms with Crippen LogP contribution in [0.2, 0.25) is 18.1 Å². The summed E-state index contributed by atoms with van der Waals surface area (Å²) in [6.07, 6.45) is 1.09. The molecule has 0 amide bonds. The molecule has 0 atom stereocenters. The summed E-state index contributed by atoms with van der Waals surface area (Å²) in [6, 6.07) is 15.6. The minimum Gasteiger partial charge on any atom is -0.413 e. The van der Waals surface area contributed by atoms with Crippen LogP contribution in [0.15, 0.2) is 42.5 Å². The van der Waals surface area contributed by atoms with E-state index in [1.807, 2.05) is 0 Å². The number of aryl methyl sites for hydroxylation is 2. The van der Waals surface area contributed by atoms with Crippen molar-refractivity contribution < 1.29 is 4.43 Å². The largest absolute Gasteiger partial charge is 0.413 e. The van der Waals surface area contributed by atoms with E-state index in [9.17, 15) is 0 Å². The van der Waals surface area contributed by atoms with Gasteiger partial charge in [-0.2, -0.15) is 0 Å². The molecule has 0 saturated carbocycles. The zero-order valence-electron chi connectivity index (χ0n) is 16.4. The van der Waals surface area contributed by atoms with E-state index in [2.05, 4.69) is 90.2 Å². The lowest BCUT2D eigenvalue weighted by Crippen LogP contribution is -2.40. The Morgan fingerprint density at radius 3 is 2.00 bits per heavy atom. The summed E-state index contributed by atoms with van der Waals surface area (Å²) in [5.74, 6) is 0. The van der Waals surface area contributed by atoms with Gasteiger partial charge in [-0.3, -0.25) is 0 Å². The minimum atomic E-state index is -1.68. The summed E-state index contributed by atoms with van der Waals surface area (Å²) in [5, 5.41) is 0.255. The van der Waals surface area contributed by atoms with Crippen LogP contribution in [-0.4, -0.2) is 8.32 Å². The molecular weight excluding hydrogens is 308 g/mol. The highest BCUT2D eigenvalue weighted by Gasteiger charge is 2.36. The fourth-order valence-electron chi connectivity index (χ4n) is 2.55. The number of benzene rings is 2. The van der Waals surface area contributed by atoms with Crippen LogP contribution in [0, 0.1) is 6.92 Å². The van der Waals surface area contributed by atoms with Crippen molar-refractivity contribution in [2.75, 3.05) is 0 Å². The zero-order chi connectivity index (χ0) is 18.0. The van der Waals surface area contributed by atoms with E-state index in [1.165, 1.54) is 27.8 Å². The Balaban J connectivity index is 2.10. The molecule has 2 aromatic rings. The van der Waals surface area contributed by atoms with Gasteiger partial charge in [0.05, 0.1) is 6.61 Å². The Morgan fingerprint density at radius 2 is 1.50 bits per heavy atom. The second-order valence-corrected chi connectivity index (χ2v) is 13.1. The van der Waals surface area contributed by atoms with Gasteiger partial charge < -0.3 is 4.43 Å². The molecule has 2 aromatic carbocycles. The third-order valence-electron chi connectivity index (χ3n) is 5.42. The summed E-state index contributed by atoms with van der Waals surface area (Å²) in [7, 11) is -1.68. The Hall–Kier alpha value is -1.38. The molecule has 1 nitrogen and oxygen atoms in total. The van der Waals surface area contributed by atoms with Gasteiger partial charge in [-0.25, -0.2) is 0 Å². The standard InChI is InChI=1S/C22H32OSi/c1-8-19-13-14-21(15-17(19)2)20-11-9-18(10-12-20)16-23-24(6,7)22(3,4)5/h9-15H,8,16H2,1-7H3. The van der Waals surface area contributed by atoms with Crippen molar-refractivity contribution >= 4 is 8.32 Å². The van der Waals surface area contributed by atoms with Gasteiger partial charge in [0.25, 0.3) is 0 Å². The van der Waals surface area contributed by atoms with Crippen molar-refractivity contribution in [3.05, 3.63) is 59.2 Å². The number of hydrogen-bond acceptors (Lipinski definition) is 1. The maximum Gasteiger partial charge on any atom is 0.192 e. The minimum absolute atomic E-state index is 0.255. The Kier molecular flexibility index (Phi) is 5.72. The van der Waals surface area contributed by atoms with Gasteiger partial charge in [-0.15, -0.1) is 0 Å². The first-order valence-electron chi connectivity index (χ1n) is 8.97. The normalized spacial score (nSPS) is 12.5. The van der Waals surface area contributed by atoms with Crippen LogP contribution >= 0.6 is 0 Å². The van der Waals surface area contributed by atoms with Gasteiger partial charge in [0.2, 0.25) is 0 Å². The molecule has 0 aliphatic carbocycles. The smallest absolute Gasteiger partial charge is 0.192 e. The molecule has 0 fully saturated rings. The second-order valence-electron chi connectivity index (χ2n) is 8.24. The first kappa shape index (κ1) is 18.9. The van der Waals surface area contributed by atoms with Crippen LogP contribution in [0.4, 0.5) is 0 Å². The highest BCUT2D eigenvalue weighted by atomic mass is 28.4. The quantitative estimate of drug-likeness (QED) is 0.547. The van der Waals surface area contributed by atoms with Crippen molar-refractivity contribution in [2.45, 2.75) is 65.8 Å². The SMILES string of the molecule is CCc1ccc(-c2ccc(CO[Si](C)(C)C(C)(C)C)cc2)cc1C. The third-order valence-corrected chi connectivity index (χ3v) is 9.90. The molecule has 2 rings (SSSR count). The van der Waals surface area contributed by atoms with E-state index in [0.717, 1.165) is 6.42 Å². The molecule has 0 aromatic heterocycles. The van der Waals surface area contributed by atoms with E-state index < -0.39 is 8.32 Å². The highest BCUT2D eigenvalue weighted by molar-refractivity contribution is 6.74.